The lowest BCUT2D eigenvalue weighted by Gasteiger charge is -2.17. The Labute approximate surface area is 106 Å². The van der Waals surface area contributed by atoms with E-state index in [1.807, 2.05) is 13.8 Å². The van der Waals surface area contributed by atoms with Crippen molar-refractivity contribution in [3.63, 3.8) is 0 Å². The first-order chi connectivity index (χ1) is 8.46. The van der Waals surface area contributed by atoms with Gasteiger partial charge < -0.3 is 18.9 Å². The Morgan fingerprint density at radius 2 is 1.94 bits per heavy atom. The number of fused-ring (bicyclic) bond motifs is 1. The van der Waals surface area contributed by atoms with Crippen molar-refractivity contribution in [3.8, 4) is 17.2 Å². The van der Waals surface area contributed by atoms with Crippen LogP contribution >= 0.6 is 0 Å². The van der Waals surface area contributed by atoms with Gasteiger partial charge in [0, 0.05) is 12.0 Å². The first-order valence-corrected chi connectivity index (χ1v) is 5.61. The predicted molar refractivity (Wildman–Crippen MR) is 64.4 cm³/mol. The topological polar surface area (TPSA) is 54.0 Å². The van der Waals surface area contributed by atoms with E-state index in [1.54, 1.807) is 19.2 Å². The van der Waals surface area contributed by atoms with Gasteiger partial charge in [-0.2, -0.15) is 0 Å². The van der Waals surface area contributed by atoms with E-state index in [9.17, 15) is 4.79 Å². The van der Waals surface area contributed by atoms with Crippen molar-refractivity contribution in [1.82, 2.24) is 0 Å². The summed E-state index contributed by atoms with van der Waals surface area (Å²) in [5.74, 6) is 1.71. The molecule has 5 nitrogen and oxygen atoms in total. The van der Waals surface area contributed by atoms with Gasteiger partial charge in [-0.05, 0) is 26.0 Å². The van der Waals surface area contributed by atoms with Crippen molar-refractivity contribution in [1.29, 1.82) is 0 Å². The minimum atomic E-state index is -0.743. The van der Waals surface area contributed by atoms with Gasteiger partial charge in [-0.15, -0.1) is 0 Å². The highest BCUT2D eigenvalue weighted by Crippen LogP contribution is 2.46. The Morgan fingerprint density at radius 1 is 1.28 bits per heavy atom. The molecule has 18 heavy (non-hydrogen) atoms. The molecule has 0 saturated heterocycles. The molecule has 98 valence electrons. The van der Waals surface area contributed by atoms with Crippen LogP contribution < -0.4 is 14.2 Å². The minimum Gasteiger partial charge on any atom is -0.493 e. The summed E-state index contributed by atoms with van der Waals surface area (Å²) in [7, 11) is 2.84. The maximum Gasteiger partial charge on any atom is 0.513 e. The standard InChI is InChI=1S/C13H16O5/c1-13(2)7-8-9(17-12(14)16-4)5-6-10(15-3)11(8)18-13/h5-6H,7H2,1-4H3. The summed E-state index contributed by atoms with van der Waals surface area (Å²) in [5, 5.41) is 0. The summed E-state index contributed by atoms with van der Waals surface area (Å²) in [6.07, 6.45) is -0.0987. The van der Waals surface area contributed by atoms with Crippen LogP contribution in [0.1, 0.15) is 19.4 Å². The SMILES string of the molecule is COC(=O)Oc1ccc(OC)c2c1CC(C)(C)O2. The number of carbonyl (C=O) groups excluding carboxylic acids is 1. The average Bonchev–Trinajstić information content (AvgIpc) is 2.65. The van der Waals surface area contributed by atoms with E-state index in [0.717, 1.165) is 5.56 Å². The normalized spacial score (nSPS) is 15.6. The zero-order valence-corrected chi connectivity index (χ0v) is 10.9. The zero-order chi connectivity index (χ0) is 13.3. The number of ether oxygens (including phenoxy) is 4. The average molecular weight is 252 g/mol. The quantitative estimate of drug-likeness (QED) is 0.598. The molecule has 0 fully saturated rings. The number of hydrogen-bond acceptors (Lipinski definition) is 5. The molecule has 0 bridgehead atoms. The van der Waals surface area contributed by atoms with Gasteiger partial charge in [-0.25, -0.2) is 4.79 Å². The van der Waals surface area contributed by atoms with E-state index < -0.39 is 6.16 Å². The van der Waals surface area contributed by atoms with E-state index in [0.29, 0.717) is 23.7 Å². The second kappa shape index (κ2) is 4.40. The minimum absolute atomic E-state index is 0.342. The third kappa shape index (κ3) is 2.20. The number of carbonyl (C=O) groups is 1. The molecule has 1 aliphatic heterocycles. The van der Waals surface area contributed by atoms with Crippen molar-refractivity contribution in [3.05, 3.63) is 17.7 Å². The third-order valence-corrected chi connectivity index (χ3v) is 2.74. The Kier molecular flexibility index (Phi) is 3.07. The third-order valence-electron chi connectivity index (χ3n) is 2.74. The van der Waals surface area contributed by atoms with Gasteiger partial charge in [0.05, 0.1) is 14.2 Å². The molecule has 5 heteroatoms. The number of rotatable bonds is 2. The molecule has 1 aromatic carbocycles. The summed E-state index contributed by atoms with van der Waals surface area (Å²) in [6, 6.07) is 3.39. The van der Waals surface area contributed by atoms with E-state index in [2.05, 4.69) is 4.74 Å². The largest absolute Gasteiger partial charge is 0.513 e. The van der Waals surface area contributed by atoms with Gasteiger partial charge >= 0.3 is 6.16 Å². The molecule has 0 aliphatic carbocycles. The van der Waals surface area contributed by atoms with Crippen LogP contribution in [0.5, 0.6) is 17.2 Å². The maximum absolute atomic E-state index is 11.2. The summed E-state index contributed by atoms with van der Waals surface area (Å²) in [6.45, 7) is 3.93. The molecular weight excluding hydrogens is 236 g/mol. The number of hydrogen-bond donors (Lipinski definition) is 0. The molecule has 0 radical (unpaired) electrons. The molecule has 0 unspecified atom stereocenters. The fourth-order valence-electron chi connectivity index (χ4n) is 1.99. The lowest BCUT2D eigenvalue weighted by Crippen LogP contribution is -2.24. The maximum atomic E-state index is 11.2. The summed E-state index contributed by atoms with van der Waals surface area (Å²) < 4.78 is 20.6. The van der Waals surface area contributed by atoms with Crippen LogP contribution in [0, 0.1) is 0 Å². The Hall–Kier alpha value is -1.91. The van der Waals surface area contributed by atoms with Crippen LogP contribution in [0.2, 0.25) is 0 Å². The highest BCUT2D eigenvalue weighted by molar-refractivity contribution is 5.67. The van der Waals surface area contributed by atoms with Crippen LogP contribution in [0.15, 0.2) is 12.1 Å². The molecule has 0 amide bonds. The first-order valence-electron chi connectivity index (χ1n) is 5.61. The van der Waals surface area contributed by atoms with E-state index in [-0.39, 0.29) is 5.60 Å². The number of methoxy groups -OCH3 is 2. The molecular formula is C13H16O5. The molecule has 1 heterocycles. The zero-order valence-electron chi connectivity index (χ0n) is 10.9. The van der Waals surface area contributed by atoms with Crippen molar-refractivity contribution in [2.75, 3.05) is 14.2 Å². The smallest absolute Gasteiger partial charge is 0.493 e. The van der Waals surface area contributed by atoms with E-state index in [1.165, 1.54) is 7.11 Å². The van der Waals surface area contributed by atoms with Crippen molar-refractivity contribution < 1.29 is 23.7 Å². The second-order valence-electron chi connectivity index (χ2n) is 4.67. The molecule has 0 atom stereocenters. The molecule has 1 aliphatic rings. The molecule has 0 saturated carbocycles. The fraction of sp³-hybridized carbons (Fsp3) is 0.462. The second-order valence-corrected chi connectivity index (χ2v) is 4.67. The van der Waals surface area contributed by atoms with Gasteiger partial charge in [0.15, 0.2) is 11.5 Å². The Morgan fingerprint density at radius 3 is 2.56 bits per heavy atom. The van der Waals surface area contributed by atoms with Crippen LogP contribution in [0.4, 0.5) is 4.79 Å². The van der Waals surface area contributed by atoms with Crippen molar-refractivity contribution >= 4 is 6.16 Å². The van der Waals surface area contributed by atoms with Gasteiger partial charge in [0.2, 0.25) is 0 Å². The Balaban J connectivity index is 2.41. The van der Waals surface area contributed by atoms with E-state index in [4.69, 9.17) is 14.2 Å². The molecule has 1 aromatic rings. The predicted octanol–water partition coefficient (Wildman–Crippen LogP) is 2.55. The highest BCUT2D eigenvalue weighted by Gasteiger charge is 2.35. The van der Waals surface area contributed by atoms with Gasteiger partial charge in [0.1, 0.15) is 11.4 Å². The fourth-order valence-corrected chi connectivity index (χ4v) is 1.99. The summed E-state index contributed by atoms with van der Waals surface area (Å²) >= 11 is 0. The van der Waals surface area contributed by atoms with Gasteiger partial charge in [-0.3, -0.25) is 0 Å². The summed E-state index contributed by atoms with van der Waals surface area (Å²) in [4.78, 5) is 11.2. The lowest BCUT2D eigenvalue weighted by atomic mass is 10.0. The van der Waals surface area contributed by atoms with E-state index >= 15 is 0 Å². The lowest BCUT2D eigenvalue weighted by molar-refractivity contribution is 0.120. The van der Waals surface area contributed by atoms with Gasteiger partial charge in [0.25, 0.3) is 0 Å². The Bertz CT molecular complexity index is 479. The molecule has 0 N–H and O–H groups in total. The van der Waals surface area contributed by atoms with Gasteiger partial charge in [-0.1, -0.05) is 0 Å². The van der Waals surface area contributed by atoms with Crippen LogP contribution in [0.3, 0.4) is 0 Å². The van der Waals surface area contributed by atoms with Crippen LogP contribution in [0.25, 0.3) is 0 Å². The van der Waals surface area contributed by atoms with Crippen molar-refractivity contribution in [2.45, 2.75) is 25.9 Å². The summed E-state index contributed by atoms with van der Waals surface area (Å²) in [5.41, 5.74) is 0.482. The van der Waals surface area contributed by atoms with Crippen LogP contribution in [-0.2, 0) is 11.2 Å². The number of benzene rings is 1. The molecule has 0 spiro atoms. The van der Waals surface area contributed by atoms with Crippen molar-refractivity contribution in [2.24, 2.45) is 0 Å². The molecule has 0 aromatic heterocycles. The highest BCUT2D eigenvalue weighted by atomic mass is 16.7. The van der Waals surface area contributed by atoms with Crippen LogP contribution in [-0.4, -0.2) is 26.0 Å². The molecule has 2 rings (SSSR count). The monoisotopic (exact) mass is 252 g/mol. The first kappa shape index (κ1) is 12.5.